The number of carbonyl (C=O) groups is 3. The van der Waals surface area contributed by atoms with E-state index in [1.807, 2.05) is 35.9 Å². The number of carbonyl (C=O) groups excluding carboxylic acids is 3. The second-order valence-corrected chi connectivity index (χ2v) is 11.3. The van der Waals surface area contributed by atoms with E-state index in [-0.39, 0.29) is 19.8 Å². The largest absolute Gasteiger partial charge is 0.447 e. The molecule has 0 bridgehead atoms. The highest BCUT2D eigenvalue weighted by molar-refractivity contribution is 5.90. The number of hydrogen-bond acceptors (Lipinski definition) is 6. The number of unbranched alkanes of at least 4 members (excludes halogenated alkanes) is 15. The average Bonchev–Trinajstić information content (AvgIpc) is 3.01. The lowest BCUT2D eigenvalue weighted by Crippen LogP contribution is -2.43. The zero-order valence-electron chi connectivity index (χ0n) is 27.6. The van der Waals surface area contributed by atoms with Gasteiger partial charge in [0, 0.05) is 32.7 Å². The summed E-state index contributed by atoms with van der Waals surface area (Å²) in [5.74, 6) is -0.421. The number of hydrogen-bond donors (Lipinski definition) is 1. The topological polar surface area (TPSA) is 98.0 Å². The van der Waals surface area contributed by atoms with Crippen LogP contribution in [0.2, 0.25) is 0 Å². The van der Waals surface area contributed by atoms with E-state index in [2.05, 4.69) is 12.2 Å². The fourth-order valence-electron chi connectivity index (χ4n) is 4.94. The molecule has 43 heavy (non-hydrogen) atoms. The molecule has 0 unspecified atom stereocenters. The number of aryl methyl sites for hydroxylation is 1. The van der Waals surface area contributed by atoms with E-state index in [1.165, 1.54) is 104 Å². The maximum atomic E-state index is 12.6. The van der Waals surface area contributed by atoms with Gasteiger partial charge >= 0.3 is 12.2 Å². The summed E-state index contributed by atoms with van der Waals surface area (Å²) in [5.41, 5.74) is 0.810. The Kier molecular flexibility index (Phi) is 23.0. The van der Waals surface area contributed by atoms with Crippen LogP contribution in [0.5, 0.6) is 0 Å². The Morgan fingerprint density at radius 2 is 1.33 bits per heavy atom. The molecule has 3 amide bonds. The zero-order chi connectivity index (χ0) is 31.5. The SMILES string of the molecule is CCCCCCCCCCCCCCCCCCNC(=O)OC[C@@H](COC(=O)N(Cc1cccc[n+]1CC)C(C)=O)OC. The number of aromatic nitrogens is 1. The van der Waals surface area contributed by atoms with Crippen molar-refractivity contribution in [1.29, 1.82) is 0 Å². The van der Waals surface area contributed by atoms with Crippen LogP contribution in [0.25, 0.3) is 0 Å². The van der Waals surface area contributed by atoms with Gasteiger partial charge in [-0.3, -0.25) is 4.79 Å². The molecule has 9 nitrogen and oxygen atoms in total. The first-order valence-corrected chi connectivity index (χ1v) is 16.8. The van der Waals surface area contributed by atoms with Crippen LogP contribution in [-0.4, -0.2) is 56.0 Å². The van der Waals surface area contributed by atoms with Gasteiger partial charge in [-0.2, -0.15) is 0 Å². The first kappa shape index (κ1) is 38.3. The second-order valence-electron chi connectivity index (χ2n) is 11.3. The number of nitrogens with one attached hydrogen (secondary N) is 1. The highest BCUT2D eigenvalue weighted by Crippen LogP contribution is 2.13. The van der Waals surface area contributed by atoms with Crippen molar-refractivity contribution in [3.63, 3.8) is 0 Å². The Bertz CT molecular complexity index is 881. The molecule has 0 aliphatic heterocycles. The monoisotopic (exact) mass is 606 g/mol. The van der Waals surface area contributed by atoms with Gasteiger partial charge in [-0.25, -0.2) is 19.1 Å². The van der Waals surface area contributed by atoms with Gasteiger partial charge in [-0.15, -0.1) is 0 Å². The zero-order valence-corrected chi connectivity index (χ0v) is 27.6. The molecule has 0 aromatic carbocycles. The molecule has 1 N–H and O–H groups in total. The van der Waals surface area contributed by atoms with Crippen LogP contribution in [-0.2, 0) is 32.1 Å². The van der Waals surface area contributed by atoms with E-state index in [1.54, 1.807) is 0 Å². The third-order valence-electron chi connectivity index (χ3n) is 7.72. The van der Waals surface area contributed by atoms with Crippen LogP contribution in [0.3, 0.4) is 0 Å². The Morgan fingerprint density at radius 1 is 0.791 bits per heavy atom. The second kappa shape index (κ2) is 25.8. The predicted octanol–water partition coefficient (Wildman–Crippen LogP) is 7.48. The molecule has 1 rings (SSSR count). The molecule has 1 atom stereocenters. The van der Waals surface area contributed by atoms with Crippen molar-refractivity contribution in [2.24, 2.45) is 0 Å². The fourth-order valence-corrected chi connectivity index (χ4v) is 4.94. The maximum Gasteiger partial charge on any atom is 0.417 e. The van der Waals surface area contributed by atoms with Gasteiger partial charge in [-0.1, -0.05) is 109 Å². The number of pyridine rings is 1. The first-order valence-electron chi connectivity index (χ1n) is 16.8. The minimum atomic E-state index is -0.769. The maximum absolute atomic E-state index is 12.6. The van der Waals surface area contributed by atoms with Gasteiger partial charge in [0.25, 0.3) is 0 Å². The van der Waals surface area contributed by atoms with Gasteiger partial charge in [0.05, 0.1) is 0 Å². The number of ether oxygens (including phenoxy) is 3. The van der Waals surface area contributed by atoms with Crippen LogP contribution < -0.4 is 9.88 Å². The molecule has 0 aliphatic rings. The van der Waals surface area contributed by atoms with Crippen molar-refractivity contribution < 1.29 is 33.2 Å². The average molecular weight is 607 g/mol. The number of methoxy groups -OCH3 is 1. The molecule has 9 heteroatoms. The van der Waals surface area contributed by atoms with E-state index in [0.717, 1.165) is 23.4 Å². The Balaban J connectivity index is 2.09. The highest BCUT2D eigenvalue weighted by Gasteiger charge is 2.25. The Morgan fingerprint density at radius 3 is 1.84 bits per heavy atom. The van der Waals surface area contributed by atoms with Gasteiger partial charge in [0.1, 0.15) is 32.4 Å². The van der Waals surface area contributed by atoms with Gasteiger partial charge in [0.15, 0.2) is 6.20 Å². The summed E-state index contributed by atoms with van der Waals surface area (Å²) in [5, 5.41) is 2.77. The molecule has 0 aliphatic carbocycles. The number of imide groups is 1. The smallest absolute Gasteiger partial charge is 0.417 e. The van der Waals surface area contributed by atoms with Gasteiger partial charge < -0.3 is 19.5 Å². The molecular formula is C34H60N3O6+. The molecule has 0 saturated heterocycles. The van der Waals surface area contributed by atoms with E-state index in [4.69, 9.17) is 14.2 Å². The van der Waals surface area contributed by atoms with Crippen molar-refractivity contribution in [2.75, 3.05) is 26.9 Å². The van der Waals surface area contributed by atoms with Crippen molar-refractivity contribution >= 4 is 18.1 Å². The molecule has 1 heterocycles. The minimum Gasteiger partial charge on any atom is -0.447 e. The van der Waals surface area contributed by atoms with Crippen molar-refractivity contribution in [3.8, 4) is 0 Å². The lowest BCUT2D eigenvalue weighted by molar-refractivity contribution is -0.701. The highest BCUT2D eigenvalue weighted by atomic mass is 16.6. The van der Waals surface area contributed by atoms with E-state index in [0.29, 0.717) is 13.1 Å². The molecular weight excluding hydrogens is 546 g/mol. The molecule has 0 radical (unpaired) electrons. The number of alkyl carbamates (subject to hydrolysis) is 1. The standard InChI is InChI=1S/C34H59N3O6/c1-5-7-8-9-10-11-12-13-14-15-16-17-18-19-20-22-25-35-33(39)42-28-32(41-4)29-43-34(40)37(30(3)38)27-31-24-21-23-26-36(31)6-2/h21,23-24,26,32H,5-20,22,25,27-29H2,1-4H3/p+1/t32-/m0/s1. The normalized spacial score (nSPS) is 11.6. The number of nitrogens with zero attached hydrogens (tertiary/aromatic N) is 2. The van der Waals surface area contributed by atoms with Crippen LogP contribution in [0.1, 0.15) is 129 Å². The lowest BCUT2D eigenvalue weighted by Gasteiger charge is -2.20. The molecule has 246 valence electrons. The Hall–Kier alpha value is -2.68. The summed E-state index contributed by atoms with van der Waals surface area (Å²) in [6.07, 6.45) is 20.9. The quantitative estimate of drug-likeness (QED) is 0.0915. The lowest BCUT2D eigenvalue weighted by atomic mass is 10.0. The van der Waals surface area contributed by atoms with Crippen LogP contribution in [0.4, 0.5) is 9.59 Å². The van der Waals surface area contributed by atoms with Crippen molar-refractivity contribution in [2.45, 2.75) is 143 Å². The summed E-state index contributed by atoms with van der Waals surface area (Å²) in [4.78, 5) is 37.9. The minimum absolute atomic E-state index is 0.0663. The fraction of sp³-hybridized carbons (Fsp3) is 0.765. The summed E-state index contributed by atoms with van der Waals surface area (Å²) in [6.45, 7) is 6.73. The molecule has 1 aromatic heterocycles. The van der Waals surface area contributed by atoms with Crippen molar-refractivity contribution in [1.82, 2.24) is 10.2 Å². The van der Waals surface area contributed by atoms with Crippen molar-refractivity contribution in [3.05, 3.63) is 30.1 Å². The summed E-state index contributed by atoms with van der Waals surface area (Å²) < 4.78 is 17.8. The van der Waals surface area contributed by atoms with E-state index < -0.39 is 24.2 Å². The van der Waals surface area contributed by atoms with Crippen LogP contribution in [0.15, 0.2) is 24.4 Å². The predicted molar refractivity (Wildman–Crippen MR) is 170 cm³/mol. The van der Waals surface area contributed by atoms with Crippen LogP contribution in [0, 0.1) is 0 Å². The number of rotatable bonds is 25. The number of amides is 3. The molecule has 0 saturated carbocycles. The third kappa shape index (κ3) is 19.3. The Labute approximate surface area is 261 Å². The first-order chi connectivity index (χ1) is 20.9. The third-order valence-corrected chi connectivity index (χ3v) is 7.72. The molecule has 0 fully saturated rings. The summed E-state index contributed by atoms with van der Waals surface area (Å²) >= 11 is 0. The van der Waals surface area contributed by atoms with Gasteiger partial charge in [0.2, 0.25) is 11.6 Å². The van der Waals surface area contributed by atoms with Crippen LogP contribution >= 0.6 is 0 Å². The summed E-state index contributed by atoms with van der Waals surface area (Å²) in [6, 6.07) is 5.61. The van der Waals surface area contributed by atoms with E-state index in [9.17, 15) is 14.4 Å². The summed E-state index contributed by atoms with van der Waals surface area (Å²) in [7, 11) is 1.45. The van der Waals surface area contributed by atoms with E-state index >= 15 is 0 Å². The molecule has 1 aromatic rings. The van der Waals surface area contributed by atoms with Gasteiger partial charge in [-0.05, 0) is 13.3 Å². The molecule has 0 spiro atoms.